The molecule has 0 bridgehead atoms. The van der Waals surface area contributed by atoms with Crippen LogP contribution < -0.4 is 14.8 Å². The number of ether oxygens (including phenoxy) is 2. The summed E-state index contributed by atoms with van der Waals surface area (Å²) in [7, 11) is 3.16. The molecule has 0 aliphatic heterocycles. The first-order valence-corrected chi connectivity index (χ1v) is 7.84. The van der Waals surface area contributed by atoms with Crippen LogP contribution in [0.1, 0.15) is 16.7 Å². The van der Waals surface area contributed by atoms with Gasteiger partial charge in [0.15, 0.2) is 11.5 Å². The molecule has 1 N–H and O–H groups in total. The lowest BCUT2D eigenvalue weighted by molar-refractivity contribution is -0.116. The fourth-order valence-electron chi connectivity index (χ4n) is 2.12. The predicted molar refractivity (Wildman–Crippen MR) is 96.6 cm³/mol. The first-order chi connectivity index (χ1) is 11.5. The van der Waals surface area contributed by atoms with Gasteiger partial charge >= 0.3 is 0 Å². The average molecular weight is 346 g/mol. The van der Waals surface area contributed by atoms with Crippen LogP contribution in [0.25, 0.3) is 6.08 Å². The van der Waals surface area contributed by atoms with Gasteiger partial charge in [-0.15, -0.1) is 0 Å². The van der Waals surface area contributed by atoms with Crippen LogP contribution in [0.15, 0.2) is 42.5 Å². The third-order valence-corrected chi connectivity index (χ3v) is 3.94. The van der Waals surface area contributed by atoms with Crippen molar-refractivity contribution in [3.05, 3.63) is 64.2 Å². The topological polar surface area (TPSA) is 47.6 Å². The number of methoxy groups -OCH3 is 2. The second-order valence-electron chi connectivity index (χ2n) is 5.25. The number of rotatable bonds is 6. The van der Waals surface area contributed by atoms with Crippen LogP contribution in [-0.4, -0.2) is 20.1 Å². The molecule has 4 nitrogen and oxygen atoms in total. The Morgan fingerprint density at radius 3 is 2.54 bits per heavy atom. The predicted octanol–water partition coefficient (Wildman–Crippen LogP) is 4.00. The highest BCUT2D eigenvalue weighted by Gasteiger charge is 2.05. The van der Waals surface area contributed by atoms with E-state index >= 15 is 0 Å². The number of carbonyl (C=O) groups is 1. The normalized spacial score (nSPS) is 10.7. The Bertz CT molecular complexity index is 756. The maximum Gasteiger partial charge on any atom is 0.244 e. The van der Waals surface area contributed by atoms with E-state index in [-0.39, 0.29) is 5.91 Å². The van der Waals surface area contributed by atoms with Crippen molar-refractivity contribution < 1.29 is 14.3 Å². The fourth-order valence-corrected chi connectivity index (χ4v) is 2.31. The second kappa shape index (κ2) is 8.41. The molecule has 0 aromatic heterocycles. The first-order valence-electron chi connectivity index (χ1n) is 7.46. The molecule has 0 unspecified atom stereocenters. The van der Waals surface area contributed by atoms with Crippen molar-refractivity contribution in [3.63, 3.8) is 0 Å². The van der Waals surface area contributed by atoms with Gasteiger partial charge in [0, 0.05) is 17.6 Å². The quantitative estimate of drug-likeness (QED) is 0.805. The molecule has 5 heteroatoms. The number of aryl methyl sites for hydroxylation is 1. The van der Waals surface area contributed by atoms with Crippen molar-refractivity contribution in [2.75, 3.05) is 14.2 Å². The fraction of sp³-hybridized carbons (Fsp3) is 0.211. The minimum atomic E-state index is -0.179. The smallest absolute Gasteiger partial charge is 0.244 e. The van der Waals surface area contributed by atoms with Gasteiger partial charge in [0.2, 0.25) is 5.91 Å². The Balaban J connectivity index is 1.95. The van der Waals surface area contributed by atoms with Crippen LogP contribution in [0, 0.1) is 6.92 Å². The van der Waals surface area contributed by atoms with Gasteiger partial charge in [0.25, 0.3) is 0 Å². The lowest BCUT2D eigenvalue weighted by Gasteiger charge is -2.09. The molecule has 0 radical (unpaired) electrons. The standard InChI is InChI=1S/C19H20ClNO3/c1-13-4-5-14(10-16(13)20)7-9-19(22)21-12-15-6-8-17(23-2)18(11-15)24-3/h4-11H,12H2,1-3H3,(H,21,22)/b9-7+. The summed E-state index contributed by atoms with van der Waals surface area (Å²) in [6.45, 7) is 2.34. The highest BCUT2D eigenvalue weighted by atomic mass is 35.5. The number of benzene rings is 2. The van der Waals surface area contributed by atoms with E-state index in [4.69, 9.17) is 21.1 Å². The van der Waals surface area contributed by atoms with E-state index in [9.17, 15) is 4.79 Å². The molecule has 0 saturated carbocycles. The van der Waals surface area contributed by atoms with Crippen molar-refractivity contribution >= 4 is 23.6 Å². The molecule has 2 aromatic carbocycles. The van der Waals surface area contributed by atoms with Crippen molar-refractivity contribution in [1.29, 1.82) is 0 Å². The molecule has 0 heterocycles. The molecule has 0 spiro atoms. The molecule has 126 valence electrons. The van der Waals surface area contributed by atoms with Crippen LogP contribution in [0.3, 0.4) is 0 Å². The molecule has 24 heavy (non-hydrogen) atoms. The van der Waals surface area contributed by atoms with E-state index in [1.807, 2.05) is 43.3 Å². The van der Waals surface area contributed by atoms with Gasteiger partial charge in [0.1, 0.15) is 0 Å². The van der Waals surface area contributed by atoms with E-state index in [0.29, 0.717) is 23.1 Å². The third kappa shape index (κ3) is 4.77. The van der Waals surface area contributed by atoms with E-state index in [1.54, 1.807) is 20.3 Å². The Morgan fingerprint density at radius 1 is 1.12 bits per heavy atom. The van der Waals surface area contributed by atoms with Gasteiger partial charge in [-0.25, -0.2) is 0 Å². The molecule has 0 aliphatic carbocycles. The summed E-state index contributed by atoms with van der Waals surface area (Å²) in [6, 6.07) is 11.2. The summed E-state index contributed by atoms with van der Waals surface area (Å²) in [6.07, 6.45) is 3.22. The third-order valence-electron chi connectivity index (χ3n) is 3.54. The van der Waals surface area contributed by atoms with Gasteiger partial charge in [-0.05, 0) is 47.9 Å². The maximum atomic E-state index is 11.9. The van der Waals surface area contributed by atoms with Gasteiger partial charge < -0.3 is 14.8 Å². The summed E-state index contributed by atoms with van der Waals surface area (Å²) < 4.78 is 10.4. The molecular weight excluding hydrogens is 326 g/mol. The molecule has 0 atom stereocenters. The first kappa shape index (κ1) is 17.9. The molecule has 0 aliphatic rings. The molecule has 2 aromatic rings. The van der Waals surface area contributed by atoms with Gasteiger partial charge in [-0.3, -0.25) is 4.79 Å². The molecule has 0 fully saturated rings. The summed E-state index contributed by atoms with van der Waals surface area (Å²) in [5.74, 6) is 1.11. The maximum absolute atomic E-state index is 11.9. The van der Waals surface area contributed by atoms with Crippen molar-refractivity contribution in [3.8, 4) is 11.5 Å². The number of nitrogens with one attached hydrogen (secondary N) is 1. The van der Waals surface area contributed by atoms with E-state index in [1.165, 1.54) is 6.08 Å². The average Bonchev–Trinajstić information content (AvgIpc) is 2.60. The number of amides is 1. The van der Waals surface area contributed by atoms with Gasteiger partial charge in [-0.1, -0.05) is 29.8 Å². The molecule has 2 rings (SSSR count). The minimum absolute atomic E-state index is 0.179. The lowest BCUT2D eigenvalue weighted by Crippen LogP contribution is -2.20. The van der Waals surface area contributed by atoms with E-state index < -0.39 is 0 Å². The zero-order chi connectivity index (χ0) is 17.5. The summed E-state index contributed by atoms with van der Waals surface area (Å²) in [5, 5.41) is 3.51. The lowest BCUT2D eigenvalue weighted by atomic mass is 10.1. The number of carbonyl (C=O) groups excluding carboxylic acids is 1. The summed E-state index contributed by atoms with van der Waals surface area (Å²) >= 11 is 6.07. The Kier molecular flexibility index (Phi) is 6.27. The highest BCUT2D eigenvalue weighted by Crippen LogP contribution is 2.27. The summed E-state index contributed by atoms with van der Waals surface area (Å²) in [4.78, 5) is 11.9. The largest absolute Gasteiger partial charge is 0.493 e. The molecule has 0 saturated heterocycles. The molecule has 1 amide bonds. The van der Waals surface area contributed by atoms with Crippen molar-refractivity contribution in [2.45, 2.75) is 13.5 Å². The highest BCUT2D eigenvalue weighted by molar-refractivity contribution is 6.31. The number of halogens is 1. The van der Waals surface area contributed by atoms with E-state index in [0.717, 1.165) is 16.7 Å². The monoisotopic (exact) mass is 345 g/mol. The number of hydrogen-bond donors (Lipinski definition) is 1. The zero-order valence-electron chi connectivity index (χ0n) is 13.9. The summed E-state index contributed by atoms with van der Waals surface area (Å²) in [5.41, 5.74) is 2.81. The van der Waals surface area contributed by atoms with Crippen molar-refractivity contribution in [1.82, 2.24) is 5.32 Å². The van der Waals surface area contributed by atoms with Crippen LogP contribution >= 0.6 is 11.6 Å². The van der Waals surface area contributed by atoms with Crippen LogP contribution in [-0.2, 0) is 11.3 Å². The Hall–Kier alpha value is -2.46. The molecular formula is C19H20ClNO3. The van der Waals surface area contributed by atoms with E-state index in [2.05, 4.69) is 5.32 Å². The second-order valence-corrected chi connectivity index (χ2v) is 5.66. The van der Waals surface area contributed by atoms with Gasteiger partial charge in [-0.2, -0.15) is 0 Å². The van der Waals surface area contributed by atoms with Crippen LogP contribution in [0.2, 0.25) is 5.02 Å². The Morgan fingerprint density at radius 2 is 1.88 bits per heavy atom. The minimum Gasteiger partial charge on any atom is -0.493 e. The van der Waals surface area contributed by atoms with Crippen LogP contribution in [0.4, 0.5) is 0 Å². The van der Waals surface area contributed by atoms with Crippen LogP contribution in [0.5, 0.6) is 11.5 Å². The number of hydrogen-bond acceptors (Lipinski definition) is 3. The zero-order valence-corrected chi connectivity index (χ0v) is 14.7. The SMILES string of the molecule is COc1ccc(CNC(=O)/C=C/c2ccc(C)c(Cl)c2)cc1OC. The van der Waals surface area contributed by atoms with Crippen molar-refractivity contribution in [2.24, 2.45) is 0 Å². The van der Waals surface area contributed by atoms with Gasteiger partial charge in [0.05, 0.1) is 14.2 Å². The Labute approximate surface area is 147 Å².